The van der Waals surface area contributed by atoms with Crippen LogP contribution in [0.5, 0.6) is 0 Å². The Kier molecular flexibility index (Phi) is 11.7. The number of nitrogens with two attached hydrogens (primary N) is 2. The van der Waals surface area contributed by atoms with Crippen LogP contribution in [-0.4, -0.2) is 34.2 Å². The summed E-state index contributed by atoms with van der Waals surface area (Å²) in [5.41, 5.74) is 19.6. The Morgan fingerprint density at radius 1 is 0.580 bits per heavy atom. The third kappa shape index (κ3) is 8.64. The molecule has 0 bridgehead atoms. The van der Waals surface area contributed by atoms with Crippen LogP contribution in [0.15, 0.2) is 116 Å². The van der Waals surface area contributed by atoms with Crippen LogP contribution in [0.2, 0.25) is 0 Å². The Hall–Kier alpha value is -4.44. The molecule has 14 heteroatoms. The average molecular weight is 769 g/mol. The van der Waals surface area contributed by atoms with Crippen molar-refractivity contribution >= 4 is 102 Å². The summed E-state index contributed by atoms with van der Waals surface area (Å²) < 4.78 is 2.19. The number of thiophene rings is 2. The predicted octanol–water partition coefficient (Wildman–Crippen LogP) is 10.9. The minimum absolute atomic E-state index is 0.0895. The number of benzene rings is 3. The van der Waals surface area contributed by atoms with Gasteiger partial charge in [0.15, 0.2) is 10.3 Å². The van der Waals surface area contributed by atoms with Gasteiger partial charge in [-0.1, -0.05) is 84.9 Å². The molecule has 0 spiro atoms. The van der Waals surface area contributed by atoms with Gasteiger partial charge < -0.3 is 22.1 Å². The zero-order valence-electron chi connectivity index (χ0n) is 26.9. The van der Waals surface area contributed by atoms with Crippen molar-refractivity contribution in [3.05, 3.63) is 118 Å². The Morgan fingerprint density at radius 3 is 1.38 bits per heavy atom. The highest BCUT2D eigenvalue weighted by atomic mass is 32.2. The largest absolute Gasteiger partial charge is 0.383 e. The molecule has 0 aliphatic rings. The molecule has 50 heavy (non-hydrogen) atoms. The molecule has 0 amide bonds. The predicted molar refractivity (Wildman–Crippen MR) is 221 cm³/mol. The SMILES string of the molecule is CSc1sc(C(=N)N)cc1Nc1nc(-c2ccc(-c3ccccc3)cc2)cs1.CSc1sc(C(=N)N)cc1Nc1nc(-c2ccccc2)cs1. The first-order chi connectivity index (χ1) is 24.3. The third-order valence-electron chi connectivity index (χ3n) is 7.15. The summed E-state index contributed by atoms with van der Waals surface area (Å²) >= 11 is 9.44. The fraction of sp³-hybridized carbons (Fsp3) is 0.0556. The van der Waals surface area contributed by atoms with Gasteiger partial charge in [0.05, 0.1) is 40.9 Å². The summed E-state index contributed by atoms with van der Waals surface area (Å²) in [5, 5.41) is 27.6. The Morgan fingerprint density at radius 2 is 0.960 bits per heavy atom. The lowest BCUT2D eigenvalue weighted by molar-refractivity contribution is 1.38. The fourth-order valence-corrected chi connectivity index (χ4v) is 9.46. The first-order valence-corrected chi connectivity index (χ1v) is 20.9. The highest BCUT2D eigenvalue weighted by Gasteiger charge is 2.14. The summed E-state index contributed by atoms with van der Waals surface area (Å²) in [4.78, 5) is 10.9. The number of thioether (sulfide) groups is 2. The second kappa shape index (κ2) is 16.5. The molecule has 8 N–H and O–H groups in total. The van der Waals surface area contributed by atoms with Crippen molar-refractivity contribution in [2.45, 2.75) is 8.42 Å². The fourth-order valence-electron chi connectivity index (χ4n) is 4.72. The highest BCUT2D eigenvalue weighted by Crippen LogP contribution is 2.39. The maximum Gasteiger partial charge on any atom is 0.187 e. The number of nitrogen functional groups attached to an aromatic ring is 2. The normalized spacial score (nSPS) is 10.7. The van der Waals surface area contributed by atoms with E-state index >= 15 is 0 Å². The maximum absolute atomic E-state index is 7.63. The smallest absolute Gasteiger partial charge is 0.187 e. The monoisotopic (exact) mass is 768 g/mol. The number of nitrogens with zero attached hydrogens (tertiary/aromatic N) is 2. The molecule has 252 valence electrons. The number of amidine groups is 2. The van der Waals surface area contributed by atoms with Gasteiger partial charge in [0.1, 0.15) is 11.7 Å². The number of nitrogens with one attached hydrogen (secondary N) is 4. The summed E-state index contributed by atoms with van der Waals surface area (Å²) in [6.45, 7) is 0. The van der Waals surface area contributed by atoms with Crippen LogP contribution in [0.1, 0.15) is 9.75 Å². The van der Waals surface area contributed by atoms with Gasteiger partial charge in [0, 0.05) is 21.9 Å². The molecule has 8 nitrogen and oxygen atoms in total. The van der Waals surface area contributed by atoms with Crippen LogP contribution < -0.4 is 22.1 Å². The van der Waals surface area contributed by atoms with E-state index < -0.39 is 0 Å². The second-order valence-corrected chi connectivity index (χ2v) is 16.5. The van der Waals surface area contributed by atoms with Crippen LogP contribution >= 0.6 is 68.9 Å². The number of hydrogen-bond acceptors (Lipinski definition) is 12. The van der Waals surface area contributed by atoms with Crippen LogP contribution in [0.25, 0.3) is 33.6 Å². The Bertz CT molecular complexity index is 2200. The van der Waals surface area contributed by atoms with E-state index in [2.05, 4.69) is 57.4 Å². The average Bonchev–Trinajstić information content (AvgIpc) is 3.97. The van der Waals surface area contributed by atoms with Crippen molar-refractivity contribution in [1.29, 1.82) is 10.8 Å². The van der Waals surface area contributed by atoms with Gasteiger partial charge in [-0.05, 0) is 35.8 Å². The lowest BCUT2D eigenvalue weighted by Crippen LogP contribution is -2.08. The first-order valence-electron chi connectivity index (χ1n) is 15.0. The Labute approximate surface area is 315 Å². The molecule has 0 radical (unpaired) electrons. The third-order valence-corrected chi connectivity index (χ3v) is 13.3. The molecule has 7 aromatic rings. The summed E-state index contributed by atoms with van der Waals surface area (Å²) in [6, 6.07) is 32.7. The molecule has 0 unspecified atom stereocenters. The number of thiazole rings is 2. The van der Waals surface area contributed by atoms with Gasteiger partial charge >= 0.3 is 0 Å². The van der Waals surface area contributed by atoms with Crippen LogP contribution in [0, 0.1) is 10.8 Å². The number of rotatable bonds is 11. The van der Waals surface area contributed by atoms with Gasteiger partial charge in [0.25, 0.3) is 0 Å². The van der Waals surface area contributed by atoms with Gasteiger partial charge in [-0.15, -0.1) is 68.9 Å². The lowest BCUT2D eigenvalue weighted by Gasteiger charge is -2.03. The topological polar surface area (TPSA) is 150 Å². The molecule has 0 atom stereocenters. The Balaban J connectivity index is 0.000000178. The standard InChI is InChI=1S/C21H18N4S3.C15H14N4S3/c1-26-20-16(11-18(28-20)19(22)23)24-21-25-17(12-27-21)15-9-7-14(8-10-15)13-5-3-2-4-6-13;1-20-14-10(7-12(22-14)13(16)17)18-15-19-11(8-21-15)9-5-3-2-4-6-9/h2-12H,1H3,(H3,22,23)(H,24,25);2-8H,1H3,(H3,16,17)(H,18,19). The summed E-state index contributed by atoms with van der Waals surface area (Å²) in [6.07, 6.45) is 4.03. The summed E-state index contributed by atoms with van der Waals surface area (Å²) in [7, 11) is 0. The van der Waals surface area contributed by atoms with Gasteiger partial charge in [-0.3, -0.25) is 10.8 Å². The molecule has 3 aromatic carbocycles. The number of anilines is 4. The van der Waals surface area contributed by atoms with E-state index in [0.717, 1.165) is 62.3 Å². The maximum atomic E-state index is 7.63. The van der Waals surface area contributed by atoms with Crippen molar-refractivity contribution in [2.75, 3.05) is 23.1 Å². The highest BCUT2D eigenvalue weighted by molar-refractivity contribution is 8.00. The molecule has 7 rings (SSSR count). The molecule has 4 aromatic heterocycles. The van der Waals surface area contributed by atoms with E-state index in [9.17, 15) is 0 Å². The minimum atomic E-state index is 0.0895. The van der Waals surface area contributed by atoms with E-state index in [4.69, 9.17) is 27.3 Å². The zero-order chi connectivity index (χ0) is 35.0. The van der Waals surface area contributed by atoms with Gasteiger partial charge in [-0.25, -0.2) is 9.97 Å². The number of hydrogen-bond donors (Lipinski definition) is 6. The molecular weight excluding hydrogens is 737 g/mol. The zero-order valence-corrected chi connectivity index (χ0v) is 31.8. The van der Waals surface area contributed by atoms with Crippen LogP contribution in [-0.2, 0) is 0 Å². The van der Waals surface area contributed by atoms with Crippen molar-refractivity contribution in [3.8, 4) is 33.6 Å². The van der Waals surface area contributed by atoms with E-state index in [-0.39, 0.29) is 11.7 Å². The van der Waals surface area contributed by atoms with Crippen LogP contribution in [0.4, 0.5) is 21.6 Å². The molecule has 0 fully saturated rings. The molecule has 0 saturated carbocycles. The van der Waals surface area contributed by atoms with Crippen molar-refractivity contribution < 1.29 is 0 Å². The second-order valence-electron chi connectivity index (χ2n) is 10.5. The molecule has 0 aliphatic heterocycles. The van der Waals surface area contributed by atoms with Gasteiger partial charge in [-0.2, -0.15) is 0 Å². The van der Waals surface area contributed by atoms with E-state index in [1.807, 2.05) is 78.6 Å². The minimum Gasteiger partial charge on any atom is -0.383 e. The first kappa shape index (κ1) is 35.4. The van der Waals surface area contributed by atoms with Crippen LogP contribution in [0.3, 0.4) is 0 Å². The summed E-state index contributed by atoms with van der Waals surface area (Å²) in [5.74, 6) is 0.184. The molecule has 4 heterocycles. The lowest BCUT2D eigenvalue weighted by atomic mass is 10.0. The quantitative estimate of drug-likeness (QED) is 0.0433. The van der Waals surface area contributed by atoms with E-state index in [0.29, 0.717) is 0 Å². The van der Waals surface area contributed by atoms with Crippen molar-refractivity contribution in [1.82, 2.24) is 9.97 Å². The van der Waals surface area contributed by atoms with Crippen molar-refractivity contribution in [2.24, 2.45) is 11.5 Å². The van der Waals surface area contributed by atoms with E-state index in [1.165, 1.54) is 33.8 Å². The molecule has 0 saturated heterocycles. The number of aromatic nitrogens is 2. The molecule has 0 aliphatic carbocycles. The van der Waals surface area contributed by atoms with Crippen molar-refractivity contribution in [3.63, 3.8) is 0 Å². The van der Waals surface area contributed by atoms with E-state index in [1.54, 1.807) is 46.2 Å². The van der Waals surface area contributed by atoms with Gasteiger partial charge in [0.2, 0.25) is 0 Å². The molecular formula is C36H32N8S6.